The van der Waals surface area contributed by atoms with Gasteiger partial charge in [0.1, 0.15) is 0 Å². The Labute approximate surface area is 163 Å². The summed E-state index contributed by atoms with van der Waals surface area (Å²) in [5, 5.41) is 0. The standard InChI is InChI=1S/C22H30N2O2S/c1-23(2)21(19-11-7-5-8-12-19)15-17-22(18-16-21,24(3)27(4,25)26)20-13-9-6-10-14-20/h5-14H,15-18H2,1-4H3. The molecule has 0 heterocycles. The van der Waals surface area contributed by atoms with Crippen molar-refractivity contribution in [1.82, 2.24) is 9.21 Å². The lowest BCUT2D eigenvalue weighted by molar-refractivity contribution is 0.0291. The van der Waals surface area contributed by atoms with Gasteiger partial charge in [-0.05, 0) is 50.9 Å². The molecule has 146 valence electrons. The summed E-state index contributed by atoms with van der Waals surface area (Å²) in [4.78, 5) is 2.30. The third-order valence-corrected chi connectivity index (χ3v) is 7.83. The van der Waals surface area contributed by atoms with Crippen LogP contribution >= 0.6 is 0 Å². The van der Waals surface area contributed by atoms with Gasteiger partial charge >= 0.3 is 0 Å². The number of hydrogen-bond acceptors (Lipinski definition) is 3. The normalized spacial score (nSPS) is 26.4. The fourth-order valence-corrected chi connectivity index (χ4v) is 5.59. The van der Waals surface area contributed by atoms with E-state index in [1.165, 1.54) is 11.8 Å². The molecule has 1 aliphatic rings. The summed E-state index contributed by atoms with van der Waals surface area (Å²) in [6.45, 7) is 0. The van der Waals surface area contributed by atoms with Crippen molar-refractivity contribution in [3.05, 3.63) is 71.8 Å². The summed E-state index contributed by atoms with van der Waals surface area (Å²) in [6.07, 6.45) is 4.68. The lowest BCUT2D eigenvalue weighted by atomic mass is 9.66. The van der Waals surface area contributed by atoms with E-state index in [4.69, 9.17) is 0 Å². The molecule has 0 amide bonds. The Morgan fingerprint density at radius 1 is 0.704 bits per heavy atom. The van der Waals surface area contributed by atoms with Gasteiger partial charge in [0.25, 0.3) is 0 Å². The van der Waals surface area contributed by atoms with Crippen LogP contribution in [0.15, 0.2) is 60.7 Å². The van der Waals surface area contributed by atoms with E-state index in [2.05, 4.69) is 55.4 Å². The zero-order chi connectivity index (χ0) is 19.7. The Hall–Kier alpha value is -1.69. The van der Waals surface area contributed by atoms with E-state index in [0.717, 1.165) is 31.2 Å². The maximum atomic E-state index is 12.5. The molecule has 0 aromatic heterocycles. The highest BCUT2D eigenvalue weighted by molar-refractivity contribution is 7.88. The van der Waals surface area contributed by atoms with Gasteiger partial charge in [-0.3, -0.25) is 4.90 Å². The molecule has 0 N–H and O–H groups in total. The van der Waals surface area contributed by atoms with Crippen molar-refractivity contribution in [2.24, 2.45) is 0 Å². The molecule has 0 saturated heterocycles. The van der Waals surface area contributed by atoms with Gasteiger partial charge in [-0.15, -0.1) is 0 Å². The molecular formula is C22H30N2O2S. The second-order valence-corrected chi connectivity index (χ2v) is 9.93. The van der Waals surface area contributed by atoms with Gasteiger partial charge in [0.15, 0.2) is 0 Å². The first-order valence-electron chi connectivity index (χ1n) is 9.45. The van der Waals surface area contributed by atoms with Crippen molar-refractivity contribution in [3.63, 3.8) is 0 Å². The summed E-state index contributed by atoms with van der Waals surface area (Å²) < 4.78 is 26.6. The van der Waals surface area contributed by atoms with Crippen LogP contribution in [-0.2, 0) is 21.1 Å². The average molecular weight is 387 g/mol. The van der Waals surface area contributed by atoms with Crippen LogP contribution in [0.1, 0.15) is 36.8 Å². The highest BCUT2D eigenvalue weighted by atomic mass is 32.2. The molecule has 0 bridgehead atoms. The van der Waals surface area contributed by atoms with E-state index in [9.17, 15) is 8.42 Å². The third-order valence-electron chi connectivity index (χ3n) is 6.48. The Bertz CT molecular complexity index is 856. The average Bonchev–Trinajstić information content (AvgIpc) is 2.68. The molecule has 0 unspecified atom stereocenters. The summed E-state index contributed by atoms with van der Waals surface area (Å²) in [5.74, 6) is 0. The van der Waals surface area contributed by atoms with Crippen LogP contribution in [0.5, 0.6) is 0 Å². The molecule has 5 heteroatoms. The maximum absolute atomic E-state index is 12.5. The molecule has 0 aliphatic heterocycles. The van der Waals surface area contributed by atoms with Gasteiger partial charge in [0, 0.05) is 12.6 Å². The molecule has 2 aromatic carbocycles. The smallest absolute Gasteiger partial charge is 0.211 e. The summed E-state index contributed by atoms with van der Waals surface area (Å²) >= 11 is 0. The van der Waals surface area contributed by atoms with Crippen LogP contribution in [0.2, 0.25) is 0 Å². The SMILES string of the molecule is CN(C)C1(c2ccccc2)CCC(c2ccccc2)(N(C)S(C)(=O)=O)CC1. The summed E-state index contributed by atoms with van der Waals surface area (Å²) in [6, 6.07) is 20.7. The zero-order valence-electron chi connectivity index (χ0n) is 16.7. The Morgan fingerprint density at radius 2 is 1.07 bits per heavy atom. The Morgan fingerprint density at radius 3 is 1.44 bits per heavy atom. The molecule has 27 heavy (non-hydrogen) atoms. The quantitative estimate of drug-likeness (QED) is 0.785. The molecule has 0 atom stereocenters. The second kappa shape index (κ2) is 7.38. The molecule has 1 fully saturated rings. The van der Waals surface area contributed by atoms with Gasteiger partial charge in [-0.2, -0.15) is 4.31 Å². The van der Waals surface area contributed by atoms with Crippen LogP contribution in [0.4, 0.5) is 0 Å². The number of rotatable bonds is 5. The van der Waals surface area contributed by atoms with E-state index in [1.54, 1.807) is 11.4 Å². The van der Waals surface area contributed by atoms with E-state index >= 15 is 0 Å². The van der Waals surface area contributed by atoms with E-state index in [-0.39, 0.29) is 5.54 Å². The minimum atomic E-state index is -3.31. The zero-order valence-corrected chi connectivity index (χ0v) is 17.5. The van der Waals surface area contributed by atoms with Crippen molar-refractivity contribution in [1.29, 1.82) is 0 Å². The predicted octanol–water partition coefficient (Wildman–Crippen LogP) is 3.80. The summed E-state index contributed by atoms with van der Waals surface area (Å²) in [7, 11) is 2.67. The monoisotopic (exact) mass is 386 g/mol. The maximum Gasteiger partial charge on any atom is 0.211 e. The highest BCUT2D eigenvalue weighted by Gasteiger charge is 2.49. The van der Waals surface area contributed by atoms with Crippen molar-refractivity contribution in [2.45, 2.75) is 36.8 Å². The van der Waals surface area contributed by atoms with Gasteiger partial charge in [-0.25, -0.2) is 8.42 Å². The van der Waals surface area contributed by atoms with Gasteiger partial charge in [-0.1, -0.05) is 60.7 Å². The molecule has 3 rings (SSSR count). The number of sulfonamides is 1. The molecule has 1 aliphatic carbocycles. The number of benzene rings is 2. The Kier molecular flexibility index (Phi) is 5.48. The van der Waals surface area contributed by atoms with Crippen LogP contribution < -0.4 is 0 Å². The lowest BCUT2D eigenvalue weighted by Crippen LogP contribution is -2.54. The van der Waals surface area contributed by atoms with Crippen molar-refractivity contribution in [2.75, 3.05) is 27.4 Å². The fraction of sp³-hybridized carbons (Fsp3) is 0.455. The van der Waals surface area contributed by atoms with Crippen molar-refractivity contribution in [3.8, 4) is 0 Å². The second-order valence-electron chi connectivity index (χ2n) is 7.92. The van der Waals surface area contributed by atoms with E-state index in [0.29, 0.717) is 0 Å². The molecular weight excluding hydrogens is 356 g/mol. The topological polar surface area (TPSA) is 40.6 Å². The molecule has 1 saturated carbocycles. The van der Waals surface area contributed by atoms with E-state index < -0.39 is 15.6 Å². The Balaban J connectivity index is 2.04. The van der Waals surface area contributed by atoms with Crippen molar-refractivity contribution < 1.29 is 8.42 Å². The van der Waals surface area contributed by atoms with Crippen LogP contribution in [-0.4, -0.2) is 45.0 Å². The molecule has 0 radical (unpaired) electrons. The van der Waals surface area contributed by atoms with Gasteiger partial charge in [0.2, 0.25) is 10.0 Å². The summed E-state index contributed by atoms with van der Waals surface area (Å²) in [5.41, 5.74) is 1.82. The largest absolute Gasteiger partial charge is 0.300 e. The molecule has 2 aromatic rings. The van der Waals surface area contributed by atoms with Crippen LogP contribution in [0.25, 0.3) is 0 Å². The predicted molar refractivity (Wildman–Crippen MR) is 111 cm³/mol. The highest BCUT2D eigenvalue weighted by Crippen LogP contribution is 2.51. The molecule has 0 spiro atoms. The van der Waals surface area contributed by atoms with Crippen LogP contribution in [0, 0.1) is 0 Å². The van der Waals surface area contributed by atoms with Crippen molar-refractivity contribution >= 4 is 10.0 Å². The van der Waals surface area contributed by atoms with Crippen LogP contribution in [0.3, 0.4) is 0 Å². The molecule has 4 nitrogen and oxygen atoms in total. The first-order valence-corrected chi connectivity index (χ1v) is 11.3. The first kappa shape index (κ1) is 20.1. The minimum absolute atomic E-state index is 0.0715. The number of nitrogens with zero attached hydrogens (tertiary/aromatic N) is 2. The fourth-order valence-electron chi connectivity index (χ4n) is 4.67. The minimum Gasteiger partial charge on any atom is -0.300 e. The first-order chi connectivity index (χ1) is 12.7. The third kappa shape index (κ3) is 3.56. The number of hydrogen-bond donors (Lipinski definition) is 0. The van der Waals surface area contributed by atoms with Gasteiger partial charge in [0.05, 0.1) is 11.8 Å². The lowest BCUT2D eigenvalue weighted by Gasteiger charge is -2.52. The van der Waals surface area contributed by atoms with E-state index in [1.807, 2.05) is 24.3 Å². The van der Waals surface area contributed by atoms with Gasteiger partial charge < -0.3 is 0 Å².